The molecule has 0 bridgehead atoms. The van der Waals surface area contributed by atoms with Crippen molar-refractivity contribution < 1.29 is 9.59 Å². The Kier molecular flexibility index (Phi) is 4.96. The number of aromatic nitrogens is 3. The number of carbonyl (C=O) groups is 2. The molecule has 2 amide bonds. The Hall–Kier alpha value is -3.27. The van der Waals surface area contributed by atoms with Gasteiger partial charge in [-0.1, -0.05) is 12.1 Å². The van der Waals surface area contributed by atoms with Gasteiger partial charge in [-0.3, -0.25) is 23.5 Å². The Morgan fingerprint density at radius 1 is 1.12 bits per heavy atom. The molecule has 0 spiro atoms. The summed E-state index contributed by atoms with van der Waals surface area (Å²) in [4.78, 5) is 56.8. The molecule has 2 aromatic heterocycles. The second-order valence-electron chi connectivity index (χ2n) is 8.39. The van der Waals surface area contributed by atoms with Crippen LogP contribution < -0.4 is 16.6 Å². The van der Waals surface area contributed by atoms with E-state index in [1.165, 1.54) is 23.4 Å². The van der Waals surface area contributed by atoms with Gasteiger partial charge in [-0.2, -0.15) is 0 Å². The average molecular weight is 454 g/mol. The molecule has 5 rings (SSSR count). The molecule has 32 heavy (non-hydrogen) atoms. The monoisotopic (exact) mass is 453 g/mol. The Morgan fingerprint density at radius 3 is 2.56 bits per heavy atom. The Bertz CT molecular complexity index is 1330. The fourth-order valence-corrected chi connectivity index (χ4v) is 5.75. The lowest BCUT2D eigenvalue weighted by Crippen LogP contribution is -2.41. The first-order valence-corrected chi connectivity index (χ1v) is 11.4. The molecule has 9 nitrogen and oxygen atoms in total. The number of fused-ring (bicyclic) bond motifs is 2. The first kappa shape index (κ1) is 20.6. The summed E-state index contributed by atoms with van der Waals surface area (Å²) in [6.07, 6.45) is 1.54. The zero-order chi connectivity index (χ0) is 22.6. The second kappa shape index (κ2) is 7.70. The van der Waals surface area contributed by atoms with Crippen molar-refractivity contribution in [1.29, 1.82) is 0 Å². The van der Waals surface area contributed by atoms with Crippen molar-refractivity contribution in [2.45, 2.75) is 31.1 Å². The van der Waals surface area contributed by atoms with E-state index in [0.717, 1.165) is 27.9 Å². The van der Waals surface area contributed by atoms with Gasteiger partial charge in [0.25, 0.3) is 5.56 Å². The zero-order valence-corrected chi connectivity index (χ0v) is 18.6. The molecule has 1 saturated heterocycles. The van der Waals surface area contributed by atoms with E-state index >= 15 is 0 Å². The number of carbonyl (C=O) groups excluding carboxylic acids is 2. The fourth-order valence-electron chi connectivity index (χ4n) is 4.61. The van der Waals surface area contributed by atoms with Gasteiger partial charge in [0.15, 0.2) is 0 Å². The van der Waals surface area contributed by atoms with Gasteiger partial charge in [-0.25, -0.2) is 9.78 Å². The molecule has 166 valence electrons. The Labute approximate surface area is 187 Å². The van der Waals surface area contributed by atoms with Crippen LogP contribution in [0.25, 0.3) is 10.2 Å². The number of para-hydroxylation sites is 1. The number of piperidine rings is 1. The minimum absolute atomic E-state index is 0.0852. The lowest BCUT2D eigenvalue weighted by Gasteiger charge is -2.31. The van der Waals surface area contributed by atoms with Gasteiger partial charge in [-0.05, 0) is 25.0 Å². The lowest BCUT2D eigenvalue weighted by molar-refractivity contribution is -0.134. The molecule has 0 radical (unpaired) electrons. The van der Waals surface area contributed by atoms with E-state index in [1.807, 2.05) is 18.2 Å². The van der Waals surface area contributed by atoms with Crippen molar-refractivity contribution in [2.24, 2.45) is 14.1 Å². The molecule has 1 atom stereocenters. The summed E-state index contributed by atoms with van der Waals surface area (Å²) < 4.78 is 3.38. The summed E-state index contributed by atoms with van der Waals surface area (Å²) in [6, 6.07) is 8.07. The first-order valence-electron chi connectivity index (χ1n) is 10.6. The molecule has 0 saturated carbocycles. The molecule has 10 heteroatoms. The van der Waals surface area contributed by atoms with Crippen LogP contribution in [-0.4, -0.2) is 43.9 Å². The van der Waals surface area contributed by atoms with Crippen LogP contribution >= 0.6 is 11.3 Å². The van der Waals surface area contributed by atoms with E-state index in [1.54, 1.807) is 16.2 Å². The number of benzene rings is 1. The highest BCUT2D eigenvalue weighted by Gasteiger charge is 2.39. The van der Waals surface area contributed by atoms with Crippen LogP contribution in [0.4, 0.5) is 5.82 Å². The number of amides is 2. The van der Waals surface area contributed by atoms with E-state index in [4.69, 9.17) is 4.98 Å². The van der Waals surface area contributed by atoms with Crippen molar-refractivity contribution in [2.75, 3.05) is 18.4 Å². The quantitative estimate of drug-likeness (QED) is 0.647. The number of rotatable bonds is 3. The smallest absolute Gasteiger partial charge is 0.332 e. The number of thiazole rings is 1. The van der Waals surface area contributed by atoms with E-state index in [-0.39, 0.29) is 23.7 Å². The van der Waals surface area contributed by atoms with Gasteiger partial charge in [0.1, 0.15) is 5.82 Å². The Morgan fingerprint density at radius 2 is 1.84 bits per heavy atom. The van der Waals surface area contributed by atoms with Crippen molar-refractivity contribution in [3.8, 4) is 0 Å². The van der Waals surface area contributed by atoms with Gasteiger partial charge < -0.3 is 10.2 Å². The van der Waals surface area contributed by atoms with Crippen LogP contribution in [0.1, 0.15) is 41.7 Å². The summed E-state index contributed by atoms with van der Waals surface area (Å²) in [5, 5.41) is 3.71. The van der Waals surface area contributed by atoms with E-state index in [9.17, 15) is 19.2 Å². The number of hydrogen-bond donors (Lipinski definition) is 1. The molecule has 1 fully saturated rings. The van der Waals surface area contributed by atoms with Crippen molar-refractivity contribution in [3.63, 3.8) is 0 Å². The third kappa shape index (κ3) is 3.26. The highest BCUT2D eigenvalue weighted by atomic mass is 32.1. The minimum Gasteiger partial charge on any atom is -0.343 e. The molecule has 1 N–H and O–H groups in total. The average Bonchev–Trinajstić information content (AvgIpc) is 3.38. The van der Waals surface area contributed by atoms with Crippen LogP contribution in [0.3, 0.4) is 0 Å². The SMILES string of the molecule is Cn1c2c(c(=O)n(C)c1=O)[C@H](CC(=O)N1CCC(c3nc4ccccc4s3)CC1)C(=O)N2. The first-order chi connectivity index (χ1) is 15.3. The van der Waals surface area contributed by atoms with Crippen molar-refractivity contribution in [1.82, 2.24) is 19.0 Å². The third-order valence-electron chi connectivity index (χ3n) is 6.49. The normalized spacial score (nSPS) is 18.8. The predicted octanol–water partition coefficient (Wildman–Crippen LogP) is 1.53. The highest BCUT2D eigenvalue weighted by molar-refractivity contribution is 7.18. The molecule has 0 unspecified atom stereocenters. The van der Waals surface area contributed by atoms with Gasteiger partial charge in [0.2, 0.25) is 11.8 Å². The van der Waals surface area contributed by atoms with Gasteiger partial charge >= 0.3 is 5.69 Å². The highest BCUT2D eigenvalue weighted by Crippen LogP contribution is 2.35. The summed E-state index contributed by atoms with van der Waals surface area (Å²) in [5.41, 5.74) is 0.150. The minimum atomic E-state index is -0.884. The largest absolute Gasteiger partial charge is 0.343 e. The van der Waals surface area contributed by atoms with Gasteiger partial charge in [-0.15, -0.1) is 11.3 Å². The number of anilines is 1. The topological polar surface area (TPSA) is 106 Å². The van der Waals surface area contributed by atoms with Crippen LogP contribution in [0.5, 0.6) is 0 Å². The molecule has 0 aliphatic carbocycles. The number of hydrogen-bond acceptors (Lipinski definition) is 6. The molecule has 2 aliphatic rings. The van der Waals surface area contributed by atoms with Crippen molar-refractivity contribution in [3.05, 3.63) is 55.7 Å². The number of nitrogens with one attached hydrogen (secondary N) is 1. The second-order valence-corrected chi connectivity index (χ2v) is 9.45. The van der Waals surface area contributed by atoms with Crippen LogP contribution in [-0.2, 0) is 23.7 Å². The summed E-state index contributed by atoms with van der Waals surface area (Å²) in [7, 11) is 2.87. The molecule has 4 heterocycles. The Balaban J connectivity index is 1.30. The summed E-state index contributed by atoms with van der Waals surface area (Å²) >= 11 is 1.71. The predicted molar refractivity (Wildman–Crippen MR) is 121 cm³/mol. The molecule has 1 aromatic carbocycles. The third-order valence-corrected chi connectivity index (χ3v) is 7.69. The number of likely N-dealkylation sites (tertiary alicyclic amines) is 1. The van der Waals surface area contributed by atoms with E-state index in [2.05, 4.69) is 11.4 Å². The fraction of sp³-hybridized carbons (Fsp3) is 0.409. The van der Waals surface area contributed by atoms with Crippen molar-refractivity contribution >= 4 is 39.2 Å². The van der Waals surface area contributed by atoms with Crippen LogP contribution in [0, 0.1) is 0 Å². The van der Waals surface area contributed by atoms with Crippen LogP contribution in [0.2, 0.25) is 0 Å². The summed E-state index contributed by atoms with van der Waals surface area (Å²) in [6.45, 7) is 1.18. The zero-order valence-electron chi connectivity index (χ0n) is 17.8. The lowest BCUT2D eigenvalue weighted by atomic mass is 9.95. The van der Waals surface area contributed by atoms with E-state index in [0.29, 0.717) is 19.0 Å². The molecule has 2 aliphatic heterocycles. The van der Waals surface area contributed by atoms with E-state index < -0.39 is 23.1 Å². The van der Waals surface area contributed by atoms with Gasteiger partial charge in [0, 0.05) is 39.5 Å². The molecular weight excluding hydrogens is 430 g/mol. The maximum Gasteiger partial charge on any atom is 0.332 e. The van der Waals surface area contributed by atoms with Gasteiger partial charge in [0.05, 0.1) is 26.7 Å². The molecule has 3 aromatic rings. The molecular formula is C22H23N5O4S. The number of nitrogens with zero attached hydrogens (tertiary/aromatic N) is 4. The summed E-state index contributed by atoms with van der Waals surface area (Å²) in [5.74, 6) is -0.957. The standard InChI is InChI=1S/C22H23N5O4S/c1-25-18-17(21(30)26(2)22(25)31)13(19(29)24-18)11-16(28)27-9-7-12(8-10-27)20-23-14-5-3-4-6-15(14)32-20/h3-6,12-13H,7-11H2,1-2H3,(H,24,29)/t13-/m0/s1. The maximum atomic E-state index is 13.0. The maximum absolute atomic E-state index is 13.0. The van der Waals surface area contributed by atoms with Crippen LogP contribution in [0.15, 0.2) is 33.9 Å².